The van der Waals surface area contributed by atoms with Gasteiger partial charge < -0.3 is 10.4 Å². The molecule has 1 aromatic heterocycles. The number of carboxylic acids is 1. The van der Waals surface area contributed by atoms with Gasteiger partial charge in [0.1, 0.15) is 4.88 Å². The SMILES string of the molecule is O=C(Cc1ccc2cc(C(=O)O)sc2c1)NCc1ccccc1. The van der Waals surface area contributed by atoms with E-state index >= 15 is 0 Å². The predicted octanol–water partition coefficient (Wildman–Crippen LogP) is 3.46. The molecule has 3 rings (SSSR count). The van der Waals surface area contributed by atoms with Crippen LogP contribution in [0.1, 0.15) is 20.8 Å². The highest BCUT2D eigenvalue weighted by Gasteiger charge is 2.10. The number of carbonyl (C=O) groups is 2. The Bertz CT molecular complexity index is 855. The Hall–Kier alpha value is -2.66. The molecule has 2 N–H and O–H groups in total. The number of nitrogens with one attached hydrogen (secondary N) is 1. The van der Waals surface area contributed by atoms with Crippen molar-refractivity contribution in [3.05, 3.63) is 70.6 Å². The second kappa shape index (κ2) is 6.62. The molecule has 4 nitrogen and oxygen atoms in total. The number of rotatable bonds is 5. The fraction of sp³-hybridized carbons (Fsp3) is 0.111. The van der Waals surface area contributed by atoms with Crippen molar-refractivity contribution in [2.24, 2.45) is 0 Å². The molecule has 0 saturated carbocycles. The lowest BCUT2D eigenvalue weighted by molar-refractivity contribution is -0.120. The molecule has 0 saturated heterocycles. The summed E-state index contributed by atoms with van der Waals surface area (Å²) in [6.45, 7) is 0.504. The van der Waals surface area contributed by atoms with Gasteiger partial charge in [-0.25, -0.2) is 4.79 Å². The highest BCUT2D eigenvalue weighted by molar-refractivity contribution is 7.20. The van der Waals surface area contributed by atoms with E-state index < -0.39 is 5.97 Å². The topological polar surface area (TPSA) is 66.4 Å². The second-order valence-electron chi connectivity index (χ2n) is 5.23. The van der Waals surface area contributed by atoms with Gasteiger partial charge in [-0.05, 0) is 28.6 Å². The molecule has 0 radical (unpaired) electrons. The number of thiophene rings is 1. The summed E-state index contributed by atoms with van der Waals surface area (Å²) >= 11 is 1.23. The van der Waals surface area contributed by atoms with Crippen LogP contribution in [0.3, 0.4) is 0 Å². The van der Waals surface area contributed by atoms with E-state index in [9.17, 15) is 9.59 Å². The summed E-state index contributed by atoms with van der Waals surface area (Å²) in [5, 5.41) is 12.8. The van der Waals surface area contributed by atoms with Gasteiger partial charge in [-0.1, -0.05) is 42.5 Å². The predicted molar refractivity (Wildman–Crippen MR) is 90.8 cm³/mol. The molecule has 2 aromatic carbocycles. The molecule has 0 aliphatic heterocycles. The van der Waals surface area contributed by atoms with Crippen molar-refractivity contribution in [2.45, 2.75) is 13.0 Å². The largest absolute Gasteiger partial charge is 0.477 e. The zero-order valence-electron chi connectivity index (χ0n) is 12.3. The minimum atomic E-state index is -0.923. The molecular weight excluding hydrogens is 310 g/mol. The molecule has 1 amide bonds. The first-order valence-electron chi connectivity index (χ1n) is 7.18. The lowest BCUT2D eigenvalue weighted by Gasteiger charge is -2.05. The molecule has 0 fully saturated rings. The van der Waals surface area contributed by atoms with E-state index in [1.165, 1.54) is 11.3 Å². The normalized spacial score (nSPS) is 10.6. The van der Waals surface area contributed by atoms with E-state index in [2.05, 4.69) is 5.32 Å². The molecule has 3 aromatic rings. The van der Waals surface area contributed by atoms with Crippen molar-refractivity contribution in [3.8, 4) is 0 Å². The van der Waals surface area contributed by atoms with Crippen molar-refractivity contribution in [2.75, 3.05) is 0 Å². The fourth-order valence-corrected chi connectivity index (χ4v) is 3.30. The van der Waals surface area contributed by atoms with Crippen molar-refractivity contribution < 1.29 is 14.7 Å². The average Bonchev–Trinajstić information content (AvgIpc) is 2.97. The Labute approximate surface area is 137 Å². The van der Waals surface area contributed by atoms with Crippen molar-refractivity contribution in [1.29, 1.82) is 0 Å². The van der Waals surface area contributed by atoms with Gasteiger partial charge in [-0.3, -0.25) is 4.79 Å². The second-order valence-corrected chi connectivity index (χ2v) is 6.31. The first-order chi connectivity index (χ1) is 11.1. The van der Waals surface area contributed by atoms with E-state index in [0.29, 0.717) is 11.4 Å². The Morgan fingerprint density at radius 1 is 1.00 bits per heavy atom. The lowest BCUT2D eigenvalue weighted by Crippen LogP contribution is -2.24. The first-order valence-corrected chi connectivity index (χ1v) is 8.00. The molecule has 0 aliphatic rings. The molecule has 0 atom stereocenters. The van der Waals surface area contributed by atoms with E-state index in [4.69, 9.17) is 5.11 Å². The summed E-state index contributed by atoms with van der Waals surface area (Å²) in [6, 6.07) is 17.0. The van der Waals surface area contributed by atoms with E-state index in [0.717, 1.165) is 21.2 Å². The van der Waals surface area contributed by atoms with Crippen LogP contribution in [-0.2, 0) is 17.8 Å². The van der Waals surface area contributed by atoms with Crippen molar-refractivity contribution in [1.82, 2.24) is 5.32 Å². The third-order valence-electron chi connectivity index (χ3n) is 3.49. The van der Waals surface area contributed by atoms with Crippen molar-refractivity contribution in [3.63, 3.8) is 0 Å². The number of carboxylic acid groups (broad SMARTS) is 1. The fourth-order valence-electron chi connectivity index (χ4n) is 2.34. The minimum absolute atomic E-state index is 0.0526. The van der Waals surface area contributed by atoms with Gasteiger partial charge in [-0.2, -0.15) is 0 Å². The standard InChI is InChI=1S/C18H15NO3S/c20-17(19-11-12-4-2-1-3-5-12)9-13-6-7-14-10-16(18(21)22)23-15(14)8-13/h1-8,10H,9,11H2,(H,19,20)(H,21,22). The summed E-state index contributed by atoms with van der Waals surface area (Å²) in [5.74, 6) is -0.975. The summed E-state index contributed by atoms with van der Waals surface area (Å²) < 4.78 is 0.885. The monoisotopic (exact) mass is 325 g/mol. The Morgan fingerprint density at radius 3 is 2.52 bits per heavy atom. The van der Waals surface area contributed by atoms with Crippen LogP contribution < -0.4 is 5.32 Å². The van der Waals surface area contributed by atoms with Crippen LogP contribution in [0.5, 0.6) is 0 Å². The van der Waals surface area contributed by atoms with Crippen LogP contribution in [0.15, 0.2) is 54.6 Å². The third kappa shape index (κ3) is 3.76. The summed E-state index contributed by atoms with van der Waals surface area (Å²) in [5.41, 5.74) is 1.93. The maximum Gasteiger partial charge on any atom is 0.345 e. The Morgan fingerprint density at radius 2 is 1.78 bits per heavy atom. The Balaban J connectivity index is 1.66. The van der Waals surface area contributed by atoms with Gasteiger partial charge in [0.2, 0.25) is 5.91 Å². The summed E-state index contributed by atoms with van der Waals surface area (Å²) in [7, 11) is 0. The van der Waals surface area contributed by atoms with E-state index in [1.807, 2.05) is 48.5 Å². The Kier molecular flexibility index (Phi) is 4.39. The number of aromatic carboxylic acids is 1. The van der Waals surface area contributed by atoms with E-state index in [-0.39, 0.29) is 12.3 Å². The minimum Gasteiger partial charge on any atom is -0.477 e. The van der Waals surface area contributed by atoms with Crippen LogP contribution in [0.2, 0.25) is 0 Å². The smallest absolute Gasteiger partial charge is 0.345 e. The van der Waals surface area contributed by atoms with Gasteiger partial charge in [-0.15, -0.1) is 11.3 Å². The maximum absolute atomic E-state index is 12.0. The number of fused-ring (bicyclic) bond motifs is 1. The van der Waals surface area contributed by atoms with Crippen LogP contribution in [0, 0.1) is 0 Å². The zero-order chi connectivity index (χ0) is 16.2. The third-order valence-corrected chi connectivity index (χ3v) is 4.58. The maximum atomic E-state index is 12.0. The quantitative estimate of drug-likeness (QED) is 0.755. The van der Waals surface area contributed by atoms with Crippen LogP contribution in [-0.4, -0.2) is 17.0 Å². The molecule has 1 heterocycles. The summed E-state index contributed by atoms with van der Waals surface area (Å²) in [4.78, 5) is 23.3. The molecule has 0 bridgehead atoms. The van der Waals surface area contributed by atoms with Gasteiger partial charge in [0.25, 0.3) is 0 Å². The van der Waals surface area contributed by atoms with Gasteiger partial charge in [0.05, 0.1) is 6.42 Å². The molecule has 0 spiro atoms. The lowest BCUT2D eigenvalue weighted by atomic mass is 10.1. The highest BCUT2D eigenvalue weighted by Crippen LogP contribution is 2.26. The first kappa shape index (κ1) is 15.2. The number of benzene rings is 2. The average molecular weight is 325 g/mol. The summed E-state index contributed by atoms with van der Waals surface area (Å²) in [6.07, 6.45) is 0.281. The van der Waals surface area contributed by atoms with Crippen LogP contribution in [0.25, 0.3) is 10.1 Å². The molecular formula is C18H15NO3S. The molecule has 5 heteroatoms. The number of carbonyl (C=O) groups excluding carboxylic acids is 1. The molecule has 0 aliphatic carbocycles. The highest BCUT2D eigenvalue weighted by atomic mass is 32.1. The molecule has 0 unspecified atom stereocenters. The number of hydrogen-bond donors (Lipinski definition) is 2. The van der Waals surface area contributed by atoms with Gasteiger partial charge in [0.15, 0.2) is 0 Å². The number of hydrogen-bond acceptors (Lipinski definition) is 3. The molecule has 116 valence electrons. The van der Waals surface area contributed by atoms with Gasteiger partial charge >= 0.3 is 5.97 Å². The van der Waals surface area contributed by atoms with Gasteiger partial charge in [0, 0.05) is 11.2 Å². The van der Waals surface area contributed by atoms with Crippen LogP contribution >= 0.6 is 11.3 Å². The number of amides is 1. The van der Waals surface area contributed by atoms with E-state index in [1.54, 1.807) is 6.07 Å². The zero-order valence-corrected chi connectivity index (χ0v) is 13.1. The van der Waals surface area contributed by atoms with Crippen molar-refractivity contribution >= 4 is 33.3 Å². The van der Waals surface area contributed by atoms with Crippen LogP contribution in [0.4, 0.5) is 0 Å². The molecule has 23 heavy (non-hydrogen) atoms.